The molecule has 1 heterocycles. The van der Waals surface area contributed by atoms with E-state index in [4.69, 9.17) is 16.3 Å². The van der Waals surface area contributed by atoms with Crippen LogP contribution in [0, 0.1) is 17.0 Å². The van der Waals surface area contributed by atoms with Gasteiger partial charge in [0.1, 0.15) is 11.8 Å². The molecule has 19 heavy (non-hydrogen) atoms. The standard InChI is InChI=1S/C12H16ClN3O3/c1-8-10(16(17)18)11(15-12(13)14-8)19-9-6-4-2-3-5-7-9/h9H,2-7H2,1H3. The Morgan fingerprint density at radius 3 is 2.47 bits per heavy atom. The molecule has 0 N–H and O–H groups in total. The average Bonchev–Trinajstić information content (AvgIpc) is 2.56. The molecule has 0 aliphatic heterocycles. The molecule has 1 saturated carbocycles. The molecule has 0 unspecified atom stereocenters. The van der Waals surface area contributed by atoms with Gasteiger partial charge in [-0.25, -0.2) is 4.98 Å². The van der Waals surface area contributed by atoms with Gasteiger partial charge in [-0.3, -0.25) is 10.1 Å². The molecule has 0 radical (unpaired) electrons. The summed E-state index contributed by atoms with van der Waals surface area (Å²) in [5, 5.41) is 11.0. The second kappa shape index (κ2) is 6.14. The van der Waals surface area contributed by atoms with Gasteiger partial charge in [-0.05, 0) is 44.2 Å². The van der Waals surface area contributed by atoms with E-state index in [2.05, 4.69) is 9.97 Å². The highest BCUT2D eigenvalue weighted by Gasteiger charge is 2.26. The van der Waals surface area contributed by atoms with Crippen LogP contribution in [0.1, 0.15) is 44.2 Å². The summed E-state index contributed by atoms with van der Waals surface area (Å²) in [6.45, 7) is 1.53. The minimum Gasteiger partial charge on any atom is -0.469 e. The Morgan fingerprint density at radius 1 is 1.26 bits per heavy atom. The van der Waals surface area contributed by atoms with Gasteiger partial charge in [-0.2, -0.15) is 4.98 Å². The molecular weight excluding hydrogens is 270 g/mol. The van der Waals surface area contributed by atoms with Gasteiger partial charge >= 0.3 is 5.69 Å². The number of hydrogen-bond acceptors (Lipinski definition) is 5. The first-order valence-corrected chi connectivity index (χ1v) is 6.81. The molecule has 1 aromatic rings. The number of ether oxygens (including phenoxy) is 1. The molecule has 2 rings (SSSR count). The normalized spacial score (nSPS) is 16.9. The number of nitro groups is 1. The summed E-state index contributed by atoms with van der Waals surface area (Å²) in [5.41, 5.74) is 0.0438. The van der Waals surface area contributed by atoms with E-state index in [0.29, 0.717) is 0 Å². The lowest BCUT2D eigenvalue weighted by molar-refractivity contribution is -0.387. The van der Waals surface area contributed by atoms with Gasteiger partial charge in [-0.15, -0.1) is 0 Å². The average molecular weight is 286 g/mol. The summed E-state index contributed by atoms with van der Waals surface area (Å²) in [7, 11) is 0. The zero-order chi connectivity index (χ0) is 13.8. The van der Waals surface area contributed by atoms with E-state index in [-0.39, 0.29) is 28.6 Å². The Balaban J connectivity index is 2.24. The van der Waals surface area contributed by atoms with Crippen LogP contribution in [0.15, 0.2) is 0 Å². The van der Waals surface area contributed by atoms with Gasteiger partial charge in [0.2, 0.25) is 5.28 Å². The predicted octanol–water partition coefficient (Wildman–Crippen LogP) is 3.45. The molecule has 1 aliphatic carbocycles. The highest BCUT2D eigenvalue weighted by molar-refractivity contribution is 6.28. The molecular formula is C12H16ClN3O3. The van der Waals surface area contributed by atoms with Gasteiger partial charge in [0.05, 0.1) is 4.92 Å². The van der Waals surface area contributed by atoms with Crippen LogP contribution in [0.2, 0.25) is 5.28 Å². The zero-order valence-corrected chi connectivity index (χ0v) is 11.5. The van der Waals surface area contributed by atoms with Crippen LogP contribution in [0.3, 0.4) is 0 Å². The fraction of sp³-hybridized carbons (Fsp3) is 0.667. The lowest BCUT2D eigenvalue weighted by Gasteiger charge is -2.16. The summed E-state index contributed by atoms with van der Waals surface area (Å²) in [4.78, 5) is 18.2. The molecule has 1 fully saturated rings. The van der Waals surface area contributed by atoms with Crippen molar-refractivity contribution in [2.24, 2.45) is 0 Å². The molecule has 1 aromatic heterocycles. The second-order valence-corrected chi connectivity index (χ2v) is 5.06. The molecule has 1 aliphatic rings. The van der Waals surface area contributed by atoms with Crippen LogP contribution in [0.25, 0.3) is 0 Å². The maximum absolute atomic E-state index is 11.1. The first-order valence-electron chi connectivity index (χ1n) is 6.43. The van der Waals surface area contributed by atoms with Crippen molar-refractivity contribution in [3.8, 4) is 5.88 Å². The van der Waals surface area contributed by atoms with Crippen molar-refractivity contribution in [3.05, 3.63) is 21.1 Å². The van der Waals surface area contributed by atoms with E-state index in [9.17, 15) is 10.1 Å². The van der Waals surface area contributed by atoms with Crippen molar-refractivity contribution in [3.63, 3.8) is 0 Å². The van der Waals surface area contributed by atoms with Gasteiger partial charge in [0.25, 0.3) is 5.88 Å². The van der Waals surface area contributed by atoms with Gasteiger partial charge in [0.15, 0.2) is 0 Å². The first kappa shape index (κ1) is 14.0. The minimum atomic E-state index is -0.516. The Kier molecular flexibility index (Phi) is 4.52. The van der Waals surface area contributed by atoms with E-state index >= 15 is 0 Å². The van der Waals surface area contributed by atoms with Crippen LogP contribution in [-0.4, -0.2) is 21.0 Å². The summed E-state index contributed by atoms with van der Waals surface area (Å²) in [5.74, 6) is -0.00519. The van der Waals surface area contributed by atoms with E-state index in [0.717, 1.165) is 25.7 Å². The Labute approximate surface area is 116 Å². The second-order valence-electron chi connectivity index (χ2n) is 4.72. The van der Waals surface area contributed by atoms with Crippen molar-refractivity contribution >= 4 is 17.3 Å². The number of rotatable bonds is 3. The summed E-state index contributed by atoms with van der Waals surface area (Å²) >= 11 is 5.75. The lowest BCUT2D eigenvalue weighted by atomic mass is 10.1. The van der Waals surface area contributed by atoms with Crippen molar-refractivity contribution in [1.29, 1.82) is 0 Å². The van der Waals surface area contributed by atoms with Crippen molar-refractivity contribution < 1.29 is 9.66 Å². The SMILES string of the molecule is Cc1nc(Cl)nc(OC2CCCCCC2)c1[N+](=O)[O-]. The minimum absolute atomic E-state index is 0.00519. The monoisotopic (exact) mass is 285 g/mol. The number of nitrogens with zero attached hydrogens (tertiary/aromatic N) is 3. The fourth-order valence-corrected chi connectivity index (χ4v) is 2.52. The highest BCUT2D eigenvalue weighted by Crippen LogP contribution is 2.31. The maximum atomic E-state index is 11.1. The van der Waals surface area contributed by atoms with E-state index in [1.807, 2.05) is 0 Å². The number of hydrogen-bond donors (Lipinski definition) is 0. The molecule has 0 amide bonds. The van der Waals surface area contributed by atoms with Gasteiger partial charge in [0, 0.05) is 0 Å². The third-order valence-electron chi connectivity index (χ3n) is 3.26. The fourth-order valence-electron chi connectivity index (χ4n) is 2.32. The highest BCUT2D eigenvalue weighted by atomic mass is 35.5. The zero-order valence-electron chi connectivity index (χ0n) is 10.8. The topological polar surface area (TPSA) is 78.2 Å². The maximum Gasteiger partial charge on any atom is 0.352 e. The molecule has 0 spiro atoms. The molecule has 104 valence electrons. The van der Waals surface area contributed by atoms with E-state index in [1.54, 1.807) is 0 Å². The van der Waals surface area contributed by atoms with E-state index in [1.165, 1.54) is 19.8 Å². The summed E-state index contributed by atoms with van der Waals surface area (Å²) in [6.07, 6.45) is 6.31. The van der Waals surface area contributed by atoms with Crippen LogP contribution < -0.4 is 4.74 Å². The summed E-state index contributed by atoms with van der Waals surface area (Å²) < 4.78 is 5.71. The molecule has 0 aromatic carbocycles. The molecule has 0 bridgehead atoms. The largest absolute Gasteiger partial charge is 0.469 e. The van der Waals surface area contributed by atoms with Gasteiger partial charge in [-0.1, -0.05) is 12.8 Å². The Bertz CT molecular complexity index is 474. The van der Waals surface area contributed by atoms with Crippen LogP contribution in [0.4, 0.5) is 5.69 Å². The first-order chi connectivity index (χ1) is 9.08. The van der Waals surface area contributed by atoms with E-state index < -0.39 is 4.92 Å². The lowest BCUT2D eigenvalue weighted by Crippen LogP contribution is -2.17. The van der Waals surface area contributed by atoms with Gasteiger partial charge < -0.3 is 4.74 Å². The van der Waals surface area contributed by atoms with Crippen LogP contribution >= 0.6 is 11.6 Å². The third-order valence-corrected chi connectivity index (χ3v) is 3.43. The molecule has 0 atom stereocenters. The van der Waals surface area contributed by atoms with Crippen molar-refractivity contribution in [1.82, 2.24) is 9.97 Å². The summed E-state index contributed by atoms with van der Waals surface area (Å²) in [6, 6.07) is 0. The number of aromatic nitrogens is 2. The van der Waals surface area contributed by atoms with Crippen molar-refractivity contribution in [2.45, 2.75) is 51.6 Å². The predicted molar refractivity (Wildman–Crippen MR) is 70.6 cm³/mol. The number of aryl methyl sites for hydroxylation is 1. The number of halogens is 1. The van der Waals surface area contributed by atoms with Crippen LogP contribution in [-0.2, 0) is 0 Å². The third kappa shape index (κ3) is 3.53. The Hall–Kier alpha value is -1.43. The quantitative estimate of drug-likeness (QED) is 0.368. The molecule has 6 nitrogen and oxygen atoms in total. The molecule has 7 heteroatoms. The molecule has 0 saturated heterocycles. The smallest absolute Gasteiger partial charge is 0.352 e. The Morgan fingerprint density at radius 2 is 1.89 bits per heavy atom. The van der Waals surface area contributed by atoms with Crippen LogP contribution in [0.5, 0.6) is 5.88 Å². The van der Waals surface area contributed by atoms with Crippen molar-refractivity contribution in [2.75, 3.05) is 0 Å².